The van der Waals surface area contributed by atoms with Gasteiger partial charge < -0.3 is 14.6 Å². The number of carbonyl (C=O) groups is 1. The summed E-state index contributed by atoms with van der Waals surface area (Å²) in [5, 5.41) is 10.2. The lowest BCUT2D eigenvalue weighted by Crippen LogP contribution is -2.42. The predicted octanol–water partition coefficient (Wildman–Crippen LogP) is 3.60. The Bertz CT molecular complexity index is 604. The normalized spacial score (nSPS) is 20.5. The maximum Gasteiger partial charge on any atom is 0.308 e. The van der Waals surface area contributed by atoms with Gasteiger partial charge in [-0.25, -0.2) is 0 Å². The Morgan fingerprint density at radius 2 is 1.91 bits per heavy atom. The number of hydrogen-bond donors (Lipinski definition) is 1. The molecule has 122 valence electrons. The Hall–Kier alpha value is -1.71. The highest BCUT2D eigenvalue weighted by Crippen LogP contribution is 2.43. The lowest BCUT2D eigenvalue weighted by molar-refractivity contribution is -0.153. The number of ether oxygens (including phenoxy) is 2. The van der Waals surface area contributed by atoms with Crippen LogP contribution in [0.1, 0.15) is 49.4 Å². The maximum absolute atomic E-state index is 11.7. The van der Waals surface area contributed by atoms with E-state index in [-0.39, 0.29) is 18.5 Å². The SMILES string of the molecule is Cc1c(C)c2c(c(C)c1O)CC[C@@](C)(COC(=O)C(C)C)O2. The van der Waals surface area contributed by atoms with E-state index in [1.165, 1.54) is 0 Å². The molecule has 2 rings (SSSR count). The smallest absolute Gasteiger partial charge is 0.308 e. The summed E-state index contributed by atoms with van der Waals surface area (Å²) in [6.07, 6.45) is 1.57. The summed E-state index contributed by atoms with van der Waals surface area (Å²) >= 11 is 0. The van der Waals surface area contributed by atoms with E-state index in [0.717, 1.165) is 40.8 Å². The molecule has 4 heteroatoms. The topological polar surface area (TPSA) is 55.8 Å². The zero-order chi connectivity index (χ0) is 16.7. The standard InChI is InChI=1S/C18H26O4/c1-10(2)17(20)21-9-18(6)8-7-14-13(5)15(19)11(3)12(4)16(14)22-18/h10,19H,7-9H2,1-6H3/t18-/m0/s1. The van der Waals surface area contributed by atoms with Crippen molar-refractivity contribution in [3.05, 3.63) is 22.3 Å². The minimum atomic E-state index is -0.516. The maximum atomic E-state index is 11.7. The van der Waals surface area contributed by atoms with Crippen molar-refractivity contribution in [2.45, 2.75) is 60.0 Å². The molecule has 4 nitrogen and oxygen atoms in total. The molecule has 22 heavy (non-hydrogen) atoms. The zero-order valence-corrected chi connectivity index (χ0v) is 14.4. The van der Waals surface area contributed by atoms with Crippen LogP contribution in [0.25, 0.3) is 0 Å². The third-order valence-corrected chi connectivity index (χ3v) is 4.58. The average molecular weight is 306 g/mol. The van der Waals surface area contributed by atoms with Crippen LogP contribution in [-0.2, 0) is 16.0 Å². The van der Waals surface area contributed by atoms with Crippen LogP contribution in [0.15, 0.2) is 0 Å². The molecule has 0 spiro atoms. The first-order chi connectivity index (χ1) is 10.2. The van der Waals surface area contributed by atoms with Crippen LogP contribution in [0.3, 0.4) is 0 Å². The van der Waals surface area contributed by atoms with Gasteiger partial charge in [0.2, 0.25) is 0 Å². The van der Waals surface area contributed by atoms with E-state index in [0.29, 0.717) is 5.75 Å². The third-order valence-electron chi connectivity index (χ3n) is 4.58. The van der Waals surface area contributed by atoms with Crippen molar-refractivity contribution < 1.29 is 19.4 Å². The number of rotatable bonds is 3. The summed E-state index contributed by atoms with van der Waals surface area (Å²) < 4.78 is 11.6. The van der Waals surface area contributed by atoms with Gasteiger partial charge in [0, 0.05) is 5.56 Å². The fourth-order valence-corrected chi connectivity index (χ4v) is 2.79. The molecule has 0 aromatic heterocycles. The van der Waals surface area contributed by atoms with Crippen LogP contribution in [0.2, 0.25) is 0 Å². The predicted molar refractivity (Wildman–Crippen MR) is 85.5 cm³/mol. The Balaban J connectivity index is 2.26. The highest BCUT2D eigenvalue weighted by molar-refractivity contribution is 5.71. The molecule has 1 aromatic carbocycles. The van der Waals surface area contributed by atoms with Gasteiger partial charge in [0.05, 0.1) is 5.92 Å². The van der Waals surface area contributed by atoms with Crippen molar-refractivity contribution in [2.24, 2.45) is 5.92 Å². The molecule has 0 unspecified atom stereocenters. The van der Waals surface area contributed by atoms with Crippen molar-refractivity contribution in [2.75, 3.05) is 6.61 Å². The molecular weight excluding hydrogens is 280 g/mol. The molecular formula is C18H26O4. The lowest BCUT2D eigenvalue weighted by atomic mass is 9.87. The minimum absolute atomic E-state index is 0.136. The van der Waals surface area contributed by atoms with Gasteiger partial charge in [-0.05, 0) is 57.2 Å². The highest BCUT2D eigenvalue weighted by Gasteiger charge is 2.36. The second-order valence-corrected chi connectivity index (χ2v) is 6.85. The Morgan fingerprint density at radius 3 is 2.50 bits per heavy atom. The van der Waals surface area contributed by atoms with Gasteiger partial charge in [0.15, 0.2) is 0 Å². The van der Waals surface area contributed by atoms with Crippen LogP contribution < -0.4 is 4.74 Å². The summed E-state index contributed by atoms with van der Waals surface area (Å²) in [5.74, 6) is 0.852. The number of aromatic hydroxyl groups is 1. The number of esters is 1. The molecule has 1 aromatic rings. The van der Waals surface area contributed by atoms with Crippen molar-refractivity contribution in [3.63, 3.8) is 0 Å². The van der Waals surface area contributed by atoms with E-state index >= 15 is 0 Å². The summed E-state index contributed by atoms with van der Waals surface area (Å²) in [4.78, 5) is 11.7. The second kappa shape index (κ2) is 5.82. The van der Waals surface area contributed by atoms with E-state index in [1.807, 2.05) is 41.5 Å². The molecule has 1 heterocycles. The molecule has 0 saturated heterocycles. The van der Waals surface area contributed by atoms with Gasteiger partial charge in [0.25, 0.3) is 0 Å². The molecule has 1 atom stereocenters. The third kappa shape index (κ3) is 2.92. The fourth-order valence-electron chi connectivity index (χ4n) is 2.79. The molecule has 0 bridgehead atoms. The van der Waals surface area contributed by atoms with Gasteiger partial charge in [0.1, 0.15) is 23.7 Å². The van der Waals surface area contributed by atoms with Crippen molar-refractivity contribution in [1.29, 1.82) is 0 Å². The van der Waals surface area contributed by atoms with E-state index < -0.39 is 5.60 Å². The van der Waals surface area contributed by atoms with Crippen LogP contribution in [-0.4, -0.2) is 23.3 Å². The van der Waals surface area contributed by atoms with Gasteiger partial charge in [-0.3, -0.25) is 4.79 Å². The van der Waals surface area contributed by atoms with Crippen LogP contribution >= 0.6 is 0 Å². The molecule has 0 aliphatic carbocycles. The number of benzene rings is 1. The summed E-state index contributed by atoms with van der Waals surface area (Å²) in [7, 11) is 0. The molecule has 0 fully saturated rings. The number of fused-ring (bicyclic) bond motifs is 1. The molecule has 0 amide bonds. The molecule has 0 saturated carbocycles. The van der Waals surface area contributed by atoms with Gasteiger partial charge in [-0.15, -0.1) is 0 Å². The summed E-state index contributed by atoms with van der Waals surface area (Å²) in [6.45, 7) is 11.6. The largest absolute Gasteiger partial charge is 0.507 e. The molecule has 0 radical (unpaired) electrons. The van der Waals surface area contributed by atoms with E-state index in [2.05, 4.69) is 0 Å². The number of phenolic OH excluding ortho intramolecular Hbond substituents is 1. The lowest BCUT2D eigenvalue weighted by Gasteiger charge is -2.37. The molecule has 1 N–H and O–H groups in total. The fraction of sp³-hybridized carbons (Fsp3) is 0.611. The van der Waals surface area contributed by atoms with Crippen molar-refractivity contribution in [3.8, 4) is 11.5 Å². The monoisotopic (exact) mass is 306 g/mol. The Labute approximate surface area is 132 Å². The van der Waals surface area contributed by atoms with Crippen molar-refractivity contribution in [1.82, 2.24) is 0 Å². The van der Waals surface area contributed by atoms with Crippen LogP contribution in [0.5, 0.6) is 11.5 Å². The molecule has 1 aliphatic heterocycles. The first-order valence-electron chi connectivity index (χ1n) is 7.83. The first kappa shape index (κ1) is 16.7. The zero-order valence-electron chi connectivity index (χ0n) is 14.4. The quantitative estimate of drug-likeness (QED) is 0.867. The molecule has 1 aliphatic rings. The second-order valence-electron chi connectivity index (χ2n) is 6.85. The average Bonchev–Trinajstić information content (AvgIpc) is 2.48. The van der Waals surface area contributed by atoms with E-state index in [4.69, 9.17) is 9.47 Å². The van der Waals surface area contributed by atoms with Gasteiger partial charge in [-0.2, -0.15) is 0 Å². The Kier molecular flexibility index (Phi) is 4.41. The Morgan fingerprint density at radius 1 is 1.27 bits per heavy atom. The highest BCUT2D eigenvalue weighted by atomic mass is 16.6. The minimum Gasteiger partial charge on any atom is -0.507 e. The number of hydrogen-bond acceptors (Lipinski definition) is 4. The van der Waals surface area contributed by atoms with E-state index in [9.17, 15) is 9.90 Å². The van der Waals surface area contributed by atoms with E-state index in [1.54, 1.807) is 0 Å². The summed E-state index contributed by atoms with van der Waals surface area (Å²) in [6, 6.07) is 0. The number of phenols is 1. The van der Waals surface area contributed by atoms with Crippen LogP contribution in [0, 0.1) is 26.7 Å². The van der Waals surface area contributed by atoms with Crippen molar-refractivity contribution >= 4 is 5.97 Å². The van der Waals surface area contributed by atoms with Crippen LogP contribution in [0.4, 0.5) is 0 Å². The van der Waals surface area contributed by atoms with Gasteiger partial charge >= 0.3 is 5.97 Å². The number of carbonyl (C=O) groups excluding carboxylic acids is 1. The summed E-state index contributed by atoms with van der Waals surface area (Å²) in [5.41, 5.74) is 3.24. The first-order valence-corrected chi connectivity index (χ1v) is 7.83. The van der Waals surface area contributed by atoms with Gasteiger partial charge in [-0.1, -0.05) is 13.8 Å².